The van der Waals surface area contributed by atoms with Crippen molar-refractivity contribution < 1.29 is 9.53 Å². The molecule has 1 atom stereocenters. The van der Waals surface area contributed by atoms with Gasteiger partial charge in [0.2, 0.25) is 5.91 Å². The number of halogens is 1. The number of rotatable bonds is 8. The Kier molecular flexibility index (Phi) is 7.75. The molecule has 0 radical (unpaired) electrons. The number of hydrogen-bond donors (Lipinski definition) is 1. The monoisotopic (exact) mass is 449 g/mol. The van der Waals surface area contributed by atoms with Crippen molar-refractivity contribution >= 4 is 17.5 Å². The molecule has 0 aliphatic carbocycles. The minimum absolute atomic E-state index is 0.00770. The van der Waals surface area contributed by atoms with Gasteiger partial charge in [0.25, 0.3) is 0 Å². The first-order valence-electron chi connectivity index (χ1n) is 11.1. The van der Waals surface area contributed by atoms with Crippen LogP contribution < -0.4 is 10.1 Å². The molecule has 32 heavy (non-hydrogen) atoms. The molecule has 1 saturated heterocycles. The second kappa shape index (κ2) is 11.1. The van der Waals surface area contributed by atoms with Gasteiger partial charge in [-0.05, 0) is 67.9 Å². The van der Waals surface area contributed by atoms with Crippen LogP contribution in [0.5, 0.6) is 5.75 Å². The van der Waals surface area contributed by atoms with Crippen LogP contribution in [0.1, 0.15) is 30.1 Å². The number of benzene rings is 2. The fourth-order valence-corrected chi connectivity index (χ4v) is 4.25. The topological polar surface area (TPSA) is 54.5 Å². The van der Waals surface area contributed by atoms with E-state index in [0.29, 0.717) is 11.6 Å². The molecule has 1 aromatic heterocycles. The van der Waals surface area contributed by atoms with Crippen molar-refractivity contribution in [3.63, 3.8) is 0 Å². The molecule has 0 saturated carbocycles. The molecule has 0 unspecified atom stereocenters. The van der Waals surface area contributed by atoms with Crippen molar-refractivity contribution in [1.82, 2.24) is 15.2 Å². The Balaban J connectivity index is 1.31. The molecule has 1 aliphatic rings. The maximum absolute atomic E-state index is 13.1. The molecule has 1 fully saturated rings. The number of amides is 1. The van der Waals surface area contributed by atoms with E-state index >= 15 is 0 Å². The van der Waals surface area contributed by atoms with Gasteiger partial charge in [0.15, 0.2) is 0 Å². The predicted octanol–water partition coefficient (Wildman–Crippen LogP) is 4.73. The van der Waals surface area contributed by atoms with Crippen molar-refractivity contribution in [2.75, 3.05) is 26.2 Å². The zero-order valence-electron chi connectivity index (χ0n) is 18.0. The molecule has 3 aromatic rings. The first kappa shape index (κ1) is 22.3. The number of aromatic nitrogens is 1. The zero-order valence-corrected chi connectivity index (χ0v) is 18.7. The molecular weight excluding hydrogens is 422 g/mol. The summed E-state index contributed by atoms with van der Waals surface area (Å²) in [5.41, 5.74) is 1.73. The van der Waals surface area contributed by atoms with E-state index in [4.69, 9.17) is 16.3 Å². The third-order valence-corrected chi connectivity index (χ3v) is 6.07. The van der Waals surface area contributed by atoms with Crippen LogP contribution in [0, 0.1) is 5.92 Å². The number of ether oxygens (including phenoxy) is 1. The van der Waals surface area contributed by atoms with Gasteiger partial charge in [-0.2, -0.15) is 0 Å². The summed E-state index contributed by atoms with van der Waals surface area (Å²) in [6, 6.07) is 22.9. The lowest BCUT2D eigenvalue weighted by Gasteiger charge is -2.32. The van der Waals surface area contributed by atoms with Crippen molar-refractivity contribution in [3.8, 4) is 5.75 Å². The minimum Gasteiger partial charge on any atom is -0.492 e. The summed E-state index contributed by atoms with van der Waals surface area (Å²) in [4.78, 5) is 20.0. The van der Waals surface area contributed by atoms with E-state index < -0.39 is 0 Å². The molecule has 1 N–H and O–H groups in total. The number of hydrogen-bond acceptors (Lipinski definition) is 4. The van der Waals surface area contributed by atoms with Gasteiger partial charge >= 0.3 is 0 Å². The van der Waals surface area contributed by atoms with E-state index in [-0.39, 0.29) is 17.9 Å². The van der Waals surface area contributed by atoms with E-state index in [0.717, 1.165) is 49.5 Å². The number of para-hydroxylation sites is 1. The van der Waals surface area contributed by atoms with Crippen molar-refractivity contribution in [3.05, 3.63) is 95.3 Å². The number of nitrogens with one attached hydrogen (secondary N) is 1. The summed E-state index contributed by atoms with van der Waals surface area (Å²) < 4.78 is 5.80. The van der Waals surface area contributed by atoms with E-state index in [1.165, 1.54) is 0 Å². The van der Waals surface area contributed by atoms with Crippen LogP contribution in [-0.4, -0.2) is 42.0 Å². The van der Waals surface area contributed by atoms with E-state index in [2.05, 4.69) is 15.2 Å². The molecule has 0 bridgehead atoms. The summed E-state index contributed by atoms with van der Waals surface area (Å²) in [6.45, 7) is 3.29. The highest BCUT2D eigenvalue weighted by Crippen LogP contribution is 2.25. The molecule has 1 amide bonds. The van der Waals surface area contributed by atoms with Crippen LogP contribution >= 0.6 is 11.6 Å². The Bertz CT molecular complexity index is 992. The molecular formula is C26H28ClN3O2. The number of likely N-dealkylation sites (tertiary alicyclic amines) is 1. The molecule has 166 valence electrons. The van der Waals surface area contributed by atoms with Gasteiger partial charge < -0.3 is 10.1 Å². The third kappa shape index (κ3) is 6.09. The lowest BCUT2D eigenvalue weighted by molar-refractivity contribution is -0.127. The van der Waals surface area contributed by atoms with Gasteiger partial charge in [0.1, 0.15) is 12.4 Å². The number of pyridine rings is 1. The highest BCUT2D eigenvalue weighted by molar-refractivity contribution is 6.30. The summed E-state index contributed by atoms with van der Waals surface area (Å²) in [7, 11) is 0. The predicted molar refractivity (Wildman–Crippen MR) is 127 cm³/mol. The average Bonchev–Trinajstić information content (AvgIpc) is 2.84. The lowest BCUT2D eigenvalue weighted by Crippen LogP contribution is -2.42. The van der Waals surface area contributed by atoms with E-state index in [1.807, 2.05) is 72.8 Å². The van der Waals surface area contributed by atoms with E-state index in [1.54, 1.807) is 6.20 Å². The first-order valence-corrected chi connectivity index (χ1v) is 11.4. The quantitative estimate of drug-likeness (QED) is 0.540. The highest BCUT2D eigenvalue weighted by Gasteiger charge is 2.27. The van der Waals surface area contributed by atoms with Gasteiger partial charge in [-0.15, -0.1) is 0 Å². The largest absolute Gasteiger partial charge is 0.492 e. The van der Waals surface area contributed by atoms with E-state index in [9.17, 15) is 4.79 Å². The SMILES string of the molecule is O=C(N[C@@H](c1cccc(Cl)c1)c1ccccn1)C1CCN(CCOc2ccccc2)CC1. The Morgan fingerprint density at radius 3 is 2.56 bits per heavy atom. The summed E-state index contributed by atoms with van der Waals surface area (Å²) in [5, 5.41) is 3.87. The number of carbonyl (C=O) groups is 1. The van der Waals surface area contributed by atoms with Crippen LogP contribution in [-0.2, 0) is 4.79 Å². The van der Waals surface area contributed by atoms with Crippen LogP contribution in [0.3, 0.4) is 0 Å². The van der Waals surface area contributed by atoms with Crippen molar-refractivity contribution in [1.29, 1.82) is 0 Å². The van der Waals surface area contributed by atoms with Crippen molar-refractivity contribution in [2.24, 2.45) is 5.92 Å². The van der Waals surface area contributed by atoms with Gasteiger partial charge in [0.05, 0.1) is 11.7 Å². The minimum atomic E-state index is -0.320. The highest BCUT2D eigenvalue weighted by atomic mass is 35.5. The zero-order chi connectivity index (χ0) is 22.2. The average molecular weight is 450 g/mol. The molecule has 2 aromatic carbocycles. The summed E-state index contributed by atoms with van der Waals surface area (Å²) >= 11 is 6.21. The number of nitrogens with zero attached hydrogens (tertiary/aromatic N) is 2. The van der Waals surface area contributed by atoms with Gasteiger partial charge in [0, 0.05) is 23.7 Å². The number of carbonyl (C=O) groups excluding carboxylic acids is 1. The Hall–Kier alpha value is -2.89. The Morgan fingerprint density at radius 2 is 1.84 bits per heavy atom. The normalized spacial score (nSPS) is 15.8. The van der Waals surface area contributed by atoms with Crippen LogP contribution in [0.2, 0.25) is 5.02 Å². The Morgan fingerprint density at radius 1 is 1.06 bits per heavy atom. The number of piperidine rings is 1. The fraction of sp³-hybridized carbons (Fsp3) is 0.308. The second-order valence-electron chi connectivity index (χ2n) is 8.03. The van der Waals surface area contributed by atoms with Gasteiger partial charge in [-0.1, -0.05) is 48.0 Å². The summed E-state index contributed by atoms with van der Waals surface area (Å²) in [5.74, 6) is 0.954. The lowest BCUT2D eigenvalue weighted by atomic mass is 9.94. The van der Waals surface area contributed by atoms with Crippen LogP contribution in [0.25, 0.3) is 0 Å². The standard InChI is InChI=1S/C26H28ClN3O2/c27-22-8-6-7-21(19-22)25(24-11-4-5-14-28-24)29-26(31)20-12-15-30(16-13-20)17-18-32-23-9-2-1-3-10-23/h1-11,14,19-20,25H,12-13,15-18H2,(H,29,31)/t25-/m0/s1. The third-order valence-electron chi connectivity index (χ3n) is 5.83. The molecule has 6 heteroatoms. The smallest absolute Gasteiger partial charge is 0.224 e. The maximum Gasteiger partial charge on any atom is 0.224 e. The van der Waals surface area contributed by atoms with Gasteiger partial charge in [-0.3, -0.25) is 14.7 Å². The first-order chi connectivity index (χ1) is 15.7. The van der Waals surface area contributed by atoms with Crippen molar-refractivity contribution in [2.45, 2.75) is 18.9 Å². The molecule has 2 heterocycles. The summed E-state index contributed by atoms with van der Waals surface area (Å²) in [6.07, 6.45) is 3.42. The van der Waals surface area contributed by atoms with Crippen LogP contribution in [0.4, 0.5) is 0 Å². The maximum atomic E-state index is 13.1. The second-order valence-corrected chi connectivity index (χ2v) is 8.47. The molecule has 1 aliphatic heterocycles. The fourth-order valence-electron chi connectivity index (χ4n) is 4.05. The van der Waals surface area contributed by atoms with Gasteiger partial charge in [-0.25, -0.2) is 0 Å². The Labute approximate surface area is 194 Å². The molecule has 4 rings (SSSR count). The molecule has 5 nitrogen and oxygen atoms in total. The van der Waals surface area contributed by atoms with Crippen LogP contribution in [0.15, 0.2) is 79.0 Å². The molecule has 0 spiro atoms.